The first-order chi connectivity index (χ1) is 7.20. The van der Waals surface area contributed by atoms with Gasteiger partial charge in [-0.2, -0.15) is 0 Å². The molecule has 0 saturated carbocycles. The van der Waals surface area contributed by atoms with Gasteiger partial charge in [0.15, 0.2) is 17.6 Å². The minimum atomic E-state index is -1.01. The maximum absolute atomic E-state index is 10.7. The van der Waals surface area contributed by atoms with E-state index in [0.29, 0.717) is 11.5 Å². The maximum Gasteiger partial charge on any atom is 0.335 e. The van der Waals surface area contributed by atoms with Crippen LogP contribution in [0.3, 0.4) is 0 Å². The van der Waals surface area contributed by atoms with Crippen LogP contribution in [0.25, 0.3) is 0 Å². The van der Waals surface area contributed by atoms with Gasteiger partial charge in [-0.25, -0.2) is 4.79 Å². The second kappa shape index (κ2) is 3.78. The van der Waals surface area contributed by atoms with E-state index in [1.807, 2.05) is 0 Å². The van der Waals surface area contributed by atoms with E-state index in [4.69, 9.17) is 19.7 Å². The van der Waals surface area contributed by atoms with Gasteiger partial charge in [0.2, 0.25) is 0 Å². The zero-order valence-corrected chi connectivity index (χ0v) is 7.84. The number of carboxylic acid groups (broad SMARTS) is 1. The van der Waals surface area contributed by atoms with Gasteiger partial charge in [-0.1, -0.05) is 0 Å². The highest BCUT2D eigenvalue weighted by Crippen LogP contribution is 2.32. The highest BCUT2D eigenvalue weighted by molar-refractivity contribution is 5.88. The molecule has 2 rings (SSSR count). The summed E-state index contributed by atoms with van der Waals surface area (Å²) in [4.78, 5) is 10.7. The molecule has 5 nitrogen and oxygen atoms in total. The Bertz CT molecular complexity index is 387. The zero-order valence-electron chi connectivity index (χ0n) is 7.84. The van der Waals surface area contributed by atoms with Crippen molar-refractivity contribution in [1.29, 1.82) is 0 Å². The molecule has 0 spiro atoms. The van der Waals surface area contributed by atoms with Crippen LogP contribution in [0.4, 0.5) is 0 Å². The SMILES string of the molecule is O=C(O)c1ccc2c(c1)OC[C@H](CO)O2. The fourth-order valence-corrected chi connectivity index (χ4v) is 1.34. The van der Waals surface area contributed by atoms with E-state index in [9.17, 15) is 4.79 Å². The van der Waals surface area contributed by atoms with E-state index in [0.717, 1.165) is 0 Å². The molecular weight excluding hydrogens is 200 g/mol. The Balaban J connectivity index is 2.28. The van der Waals surface area contributed by atoms with Crippen molar-refractivity contribution in [3.63, 3.8) is 0 Å². The average molecular weight is 210 g/mol. The molecule has 0 fully saturated rings. The van der Waals surface area contributed by atoms with Crippen molar-refractivity contribution in [3.8, 4) is 11.5 Å². The molecular formula is C10H10O5. The monoisotopic (exact) mass is 210 g/mol. The van der Waals surface area contributed by atoms with E-state index in [1.54, 1.807) is 0 Å². The lowest BCUT2D eigenvalue weighted by Gasteiger charge is -2.25. The molecule has 1 aliphatic rings. The smallest absolute Gasteiger partial charge is 0.335 e. The molecule has 1 aliphatic heterocycles. The third-order valence-corrected chi connectivity index (χ3v) is 2.11. The summed E-state index contributed by atoms with van der Waals surface area (Å²) in [5, 5.41) is 17.6. The third-order valence-electron chi connectivity index (χ3n) is 2.11. The first kappa shape index (κ1) is 9.79. The van der Waals surface area contributed by atoms with Crippen molar-refractivity contribution in [2.75, 3.05) is 13.2 Å². The number of aromatic carboxylic acids is 1. The van der Waals surface area contributed by atoms with Gasteiger partial charge in [-0.15, -0.1) is 0 Å². The van der Waals surface area contributed by atoms with Crippen LogP contribution in [0.2, 0.25) is 0 Å². The van der Waals surface area contributed by atoms with Crippen molar-refractivity contribution in [2.24, 2.45) is 0 Å². The number of aliphatic hydroxyl groups excluding tert-OH is 1. The standard InChI is InChI=1S/C10H10O5/c11-4-7-5-14-9-3-6(10(12)13)1-2-8(9)15-7/h1-3,7,11H,4-5H2,(H,12,13)/t7-/m0/s1. The van der Waals surface area contributed by atoms with Gasteiger partial charge in [-0.05, 0) is 18.2 Å². The van der Waals surface area contributed by atoms with E-state index >= 15 is 0 Å². The van der Waals surface area contributed by atoms with E-state index in [-0.39, 0.29) is 24.9 Å². The summed E-state index contributed by atoms with van der Waals surface area (Å²) in [6.45, 7) is 0.104. The Morgan fingerprint density at radius 1 is 1.47 bits per heavy atom. The average Bonchev–Trinajstić information content (AvgIpc) is 2.27. The number of hydrogen-bond donors (Lipinski definition) is 2. The van der Waals surface area contributed by atoms with Gasteiger partial charge < -0.3 is 19.7 Å². The summed E-state index contributed by atoms with van der Waals surface area (Å²) in [5.41, 5.74) is 0.153. The van der Waals surface area contributed by atoms with E-state index in [1.165, 1.54) is 18.2 Å². The maximum atomic E-state index is 10.7. The molecule has 0 saturated heterocycles. The highest BCUT2D eigenvalue weighted by atomic mass is 16.6. The molecule has 1 aromatic carbocycles. The number of aliphatic hydroxyl groups is 1. The molecule has 0 aromatic heterocycles. The summed E-state index contributed by atoms with van der Waals surface area (Å²) in [5.74, 6) is -0.143. The number of fused-ring (bicyclic) bond motifs is 1. The molecule has 15 heavy (non-hydrogen) atoms. The van der Waals surface area contributed by atoms with Crippen molar-refractivity contribution < 1.29 is 24.5 Å². The van der Waals surface area contributed by atoms with E-state index in [2.05, 4.69) is 0 Å². The summed E-state index contributed by atoms with van der Waals surface area (Å²) in [6, 6.07) is 4.37. The molecule has 0 bridgehead atoms. The summed E-state index contributed by atoms with van der Waals surface area (Å²) < 4.78 is 10.6. The lowest BCUT2D eigenvalue weighted by Crippen LogP contribution is -2.32. The highest BCUT2D eigenvalue weighted by Gasteiger charge is 2.21. The van der Waals surface area contributed by atoms with Gasteiger partial charge in [0.1, 0.15) is 6.61 Å². The molecule has 2 N–H and O–H groups in total. The minimum absolute atomic E-state index is 0.125. The Morgan fingerprint density at radius 2 is 2.27 bits per heavy atom. The zero-order chi connectivity index (χ0) is 10.8. The quantitative estimate of drug-likeness (QED) is 0.744. The Kier molecular flexibility index (Phi) is 2.47. The van der Waals surface area contributed by atoms with Crippen LogP contribution in [-0.2, 0) is 0 Å². The molecule has 5 heteroatoms. The normalized spacial score (nSPS) is 18.6. The summed E-state index contributed by atoms with van der Waals surface area (Å²) in [6.07, 6.45) is -0.381. The van der Waals surface area contributed by atoms with Crippen LogP contribution in [0.5, 0.6) is 11.5 Å². The van der Waals surface area contributed by atoms with Gasteiger partial charge in [-0.3, -0.25) is 0 Å². The lowest BCUT2D eigenvalue weighted by molar-refractivity contribution is 0.0453. The molecule has 0 aliphatic carbocycles. The largest absolute Gasteiger partial charge is 0.486 e. The van der Waals surface area contributed by atoms with Crippen LogP contribution in [-0.4, -0.2) is 35.5 Å². The third kappa shape index (κ3) is 1.87. The van der Waals surface area contributed by atoms with Crippen LogP contribution >= 0.6 is 0 Å². The number of ether oxygens (including phenoxy) is 2. The molecule has 0 radical (unpaired) electrons. The first-order valence-corrected chi connectivity index (χ1v) is 4.48. The predicted octanol–water partition coefficient (Wildman–Crippen LogP) is 0.517. The molecule has 0 unspecified atom stereocenters. The number of carboxylic acids is 1. The number of hydrogen-bond acceptors (Lipinski definition) is 4. The molecule has 0 amide bonds. The number of benzene rings is 1. The summed E-state index contributed by atoms with van der Waals surface area (Å²) in [7, 11) is 0. The fourth-order valence-electron chi connectivity index (χ4n) is 1.34. The van der Waals surface area contributed by atoms with Gasteiger partial charge >= 0.3 is 5.97 Å². The second-order valence-corrected chi connectivity index (χ2v) is 3.20. The van der Waals surface area contributed by atoms with Crippen LogP contribution in [0.1, 0.15) is 10.4 Å². The van der Waals surface area contributed by atoms with E-state index < -0.39 is 5.97 Å². The fraction of sp³-hybridized carbons (Fsp3) is 0.300. The molecule has 80 valence electrons. The molecule has 1 heterocycles. The topological polar surface area (TPSA) is 76.0 Å². The predicted molar refractivity (Wildman–Crippen MR) is 50.4 cm³/mol. The van der Waals surface area contributed by atoms with Crippen LogP contribution < -0.4 is 9.47 Å². The Morgan fingerprint density at radius 3 is 2.93 bits per heavy atom. The number of carbonyl (C=O) groups is 1. The van der Waals surface area contributed by atoms with Gasteiger partial charge in [0.05, 0.1) is 12.2 Å². The van der Waals surface area contributed by atoms with Crippen LogP contribution in [0.15, 0.2) is 18.2 Å². The Labute approximate surface area is 85.9 Å². The molecule has 1 aromatic rings. The first-order valence-electron chi connectivity index (χ1n) is 4.48. The second-order valence-electron chi connectivity index (χ2n) is 3.20. The summed E-state index contributed by atoms with van der Waals surface area (Å²) >= 11 is 0. The van der Waals surface area contributed by atoms with Crippen molar-refractivity contribution in [1.82, 2.24) is 0 Å². The molecule has 1 atom stereocenters. The van der Waals surface area contributed by atoms with Crippen LogP contribution in [0, 0.1) is 0 Å². The van der Waals surface area contributed by atoms with Crippen molar-refractivity contribution in [3.05, 3.63) is 23.8 Å². The van der Waals surface area contributed by atoms with Gasteiger partial charge in [0, 0.05) is 0 Å². The number of rotatable bonds is 2. The van der Waals surface area contributed by atoms with Crippen molar-refractivity contribution in [2.45, 2.75) is 6.10 Å². The lowest BCUT2D eigenvalue weighted by atomic mass is 10.2. The van der Waals surface area contributed by atoms with Crippen molar-refractivity contribution >= 4 is 5.97 Å². The Hall–Kier alpha value is -1.75. The minimum Gasteiger partial charge on any atom is -0.486 e. The van der Waals surface area contributed by atoms with Gasteiger partial charge in [0.25, 0.3) is 0 Å².